The average Bonchev–Trinajstić information content (AvgIpc) is 2.60. The number of carbonyl (C=O) groups is 1. The molecular weight excluding hydrogens is 332 g/mol. The van der Waals surface area contributed by atoms with Crippen LogP contribution in [0.4, 0.5) is 5.69 Å². The van der Waals surface area contributed by atoms with E-state index in [1.165, 1.54) is 5.56 Å². The molecule has 1 atom stereocenters. The smallest absolute Gasteiger partial charge is 0.220 e. The lowest BCUT2D eigenvalue weighted by Crippen LogP contribution is -2.35. The Morgan fingerprint density at radius 2 is 1.68 bits per heavy atom. The summed E-state index contributed by atoms with van der Waals surface area (Å²) in [5, 5.41) is 3.20. The van der Waals surface area contributed by atoms with E-state index >= 15 is 0 Å². The maximum absolute atomic E-state index is 12.3. The van der Waals surface area contributed by atoms with Crippen LogP contribution in [0.2, 0.25) is 0 Å². The van der Waals surface area contributed by atoms with Crippen molar-refractivity contribution < 1.29 is 4.79 Å². The molecule has 2 aromatic carbocycles. The first-order valence-electron chi connectivity index (χ1n) is 8.85. The van der Waals surface area contributed by atoms with Crippen molar-refractivity contribution in [2.45, 2.75) is 51.5 Å². The molecule has 0 fully saturated rings. The zero-order valence-electron chi connectivity index (χ0n) is 14.9. The lowest BCUT2D eigenvalue weighted by atomic mass is 10.0. The van der Waals surface area contributed by atoms with E-state index in [4.69, 9.17) is 5.73 Å². The van der Waals surface area contributed by atoms with Gasteiger partial charge in [-0.1, -0.05) is 61.9 Å². The molecule has 1 amide bonds. The first kappa shape index (κ1) is 21.0. The van der Waals surface area contributed by atoms with Crippen molar-refractivity contribution in [3.63, 3.8) is 0 Å². The molecule has 1 unspecified atom stereocenters. The molecule has 0 heterocycles. The number of halogens is 1. The van der Waals surface area contributed by atoms with Gasteiger partial charge in [0.05, 0.1) is 0 Å². The number of benzene rings is 2. The number of carbonyl (C=O) groups excluding carboxylic acids is 1. The van der Waals surface area contributed by atoms with Crippen molar-refractivity contribution in [1.29, 1.82) is 0 Å². The summed E-state index contributed by atoms with van der Waals surface area (Å²) in [6.45, 7) is 2.16. The van der Waals surface area contributed by atoms with E-state index in [0.717, 1.165) is 36.9 Å². The molecule has 25 heavy (non-hydrogen) atoms. The molecule has 0 aromatic heterocycles. The van der Waals surface area contributed by atoms with Crippen LogP contribution in [0, 0.1) is 0 Å². The van der Waals surface area contributed by atoms with Crippen LogP contribution in [0.5, 0.6) is 0 Å². The molecule has 4 heteroatoms. The summed E-state index contributed by atoms with van der Waals surface area (Å²) in [6.07, 6.45) is 5.25. The second-order valence-corrected chi connectivity index (χ2v) is 6.28. The second-order valence-electron chi connectivity index (χ2n) is 6.28. The molecule has 0 radical (unpaired) electrons. The van der Waals surface area contributed by atoms with E-state index in [1.54, 1.807) is 0 Å². The van der Waals surface area contributed by atoms with Gasteiger partial charge in [0.1, 0.15) is 0 Å². The third kappa shape index (κ3) is 7.61. The van der Waals surface area contributed by atoms with Gasteiger partial charge in [-0.25, -0.2) is 0 Å². The highest BCUT2D eigenvalue weighted by atomic mass is 35.5. The summed E-state index contributed by atoms with van der Waals surface area (Å²) in [5.41, 5.74) is 9.07. The molecule has 3 N–H and O–H groups in total. The first-order valence-corrected chi connectivity index (χ1v) is 8.85. The summed E-state index contributed by atoms with van der Waals surface area (Å²) in [4.78, 5) is 12.3. The van der Waals surface area contributed by atoms with Crippen molar-refractivity contribution in [2.24, 2.45) is 0 Å². The molecule has 0 spiro atoms. The Hall–Kier alpha value is -2.00. The Balaban J connectivity index is 0.00000312. The number of nitrogen functional groups attached to an aromatic ring is 1. The van der Waals surface area contributed by atoms with Crippen LogP contribution in [-0.2, 0) is 17.6 Å². The van der Waals surface area contributed by atoms with Gasteiger partial charge < -0.3 is 11.1 Å². The second kappa shape index (κ2) is 11.5. The van der Waals surface area contributed by atoms with Crippen LogP contribution < -0.4 is 11.1 Å². The zero-order chi connectivity index (χ0) is 17.2. The van der Waals surface area contributed by atoms with Crippen molar-refractivity contribution in [3.05, 3.63) is 65.7 Å². The highest BCUT2D eigenvalue weighted by molar-refractivity contribution is 5.85. The molecule has 136 valence electrons. The number of nitrogens with one attached hydrogen (secondary N) is 1. The number of rotatable bonds is 9. The lowest BCUT2D eigenvalue weighted by Gasteiger charge is -2.18. The molecule has 0 aliphatic rings. The van der Waals surface area contributed by atoms with Crippen molar-refractivity contribution in [2.75, 3.05) is 5.73 Å². The largest absolute Gasteiger partial charge is 0.399 e. The normalized spacial score (nSPS) is 11.4. The van der Waals surface area contributed by atoms with Gasteiger partial charge in [-0.3, -0.25) is 4.79 Å². The van der Waals surface area contributed by atoms with Gasteiger partial charge in [0.15, 0.2) is 0 Å². The maximum Gasteiger partial charge on any atom is 0.220 e. The maximum atomic E-state index is 12.3. The standard InChI is InChI=1S/C21H28N2O.ClH/c1-2-8-19(15-13-17-9-4-3-5-10-17)23-21(24)16-14-18-11-6-7-12-20(18)22;/h3-7,9-12,19H,2,8,13-16,22H2,1H3,(H,23,24);1H. The van der Waals surface area contributed by atoms with E-state index in [1.807, 2.05) is 30.3 Å². The summed E-state index contributed by atoms with van der Waals surface area (Å²) in [7, 11) is 0. The fourth-order valence-corrected chi connectivity index (χ4v) is 2.93. The molecule has 0 saturated heterocycles. The van der Waals surface area contributed by atoms with Crippen molar-refractivity contribution in [1.82, 2.24) is 5.32 Å². The molecule has 2 aromatic rings. The molecule has 0 saturated carbocycles. The van der Waals surface area contributed by atoms with Crippen LogP contribution in [0.1, 0.15) is 43.7 Å². The minimum Gasteiger partial charge on any atom is -0.399 e. The fraction of sp³-hybridized carbons (Fsp3) is 0.381. The predicted molar refractivity (Wildman–Crippen MR) is 108 cm³/mol. The van der Waals surface area contributed by atoms with Gasteiger partial charge in [0, 0.05) is 18.2 Å². The summed E-state index contributed by atoms with van der Waals surface area (Å²) in [5.74, 6) is 0.116. The molecule has 0 bridgehead atoms. The average molecular weight is 361 g/mol. The lowest BCUT2D eigenvalue weighted by molar-refractivity contribution is -0.121. The van der Waals surface area contributed by atoms with Crippen molar-refractivity contribution >= 4 is 24.0 Å². The molecular formula is C21H29ClN2O. The van der Waals surface area contributed by atoms with Crippen LogP contribution in [0.3, 0.4) is 0 Å². The van der Waals surface area contributed by atoms with Gasteiger partial charge in [0.25, 0.3) is 0 Å². The number of nitrogens with two attached hydrogens (primary N) is 1. The highest BCUT2D eigenvalue weighted by Crippen LogP contribution is 2.13. The van der Waals surface area contributed by atoms with Gasteiger partial charge in [-0.05, 0) is 42.9 Å². The van der Waals surface area contributed by atoms with Gasteiger partial charge in [-0.2, -0.15) is 0 Å². The van der Waals surface area contributed by atoms with Gasteiger partial charge in [-0.15, -0.1) is 12.4 Å². The number of hydrogen-bond donors (Lipinski definition) is 2. The van der Waals surface area contributed by atoms with E-state index in [2.05, 4.69) is 36.5 Å². The zero-order valence-corrected chi connectivity index (χ0v) is 15.7. The summed E-state index contributed by atoms with van der Waals surface area (Å²) >= 11 is 0. The predicted octanol–water partition coefficient (Wildman–Crippen LogP) is 4.54. The minimum atomic E-state index is 0. The summed E-state index contributed by atoms with van der Waals surface area (Å²) < 4.78 is 0. The van der Waals surface area contributed by atoms with E-state index < -0.39 is 0 Å². The number of aryl methyl sites for hydroxylation is 2. The SMILES string of the molecule is CCCC(CCc1ccccc1)NC(=O)CCc1ccccc1N.Cl. The molecule has 2 rings (SSSR count). The number of anilines is 1. The minimum absolute atomic E-state index is 0. The quantitative estimate of drug-likeness (QED) is 0.645. The Bertz CT molecular complexity index is 631. The number of hydrogen-bond acceptors (Lipinski definition) is 2. The van der Waals surface area contributed by atoms with Gasteiger partial charge >= 0.3 is 0 Å². The first-order chi connectivity index (χ1) is 11.7. The van der Waals surface area contributed by atoms with Crippen LogP contribution in [0.25, 0.3) is 0 Å². The number of amides is 1. The molecule has 0 aliphatic carbocycles. The van der Waals surface area contributed by atoms with E-state index in [-0.39, 0.29) is 24.4 Å². The summed E-state index contributed by atoms with van der Waals surface area (Å²) in [6, 6.07) is 18.4. The topological polar surface area (TPSA) is 55.1 Å². The third-order valence-corrected chi connectivity index (χ3v) is 4.30. The Morgan fingerprint density at radius 3 is 2.36 bits per heavy atom. The molecule has 3 nitrogen and oxygen atoms in total. The van der Waals surface area contributed by atoms with Crippen LogP contribution >= 0.6 is 12.4 Å². The Morgan fingerprint density at radius 1 is 1.00 bits per heavy atom. The third-order valence-electron chi connectivity index (χ3n) is 4.30. The Kier molecular flexibility index (Phi) is 9.71. The monoisotopic (exact) mass is 360 g/mol. The van der Waals surface area contributed by atoms with Gasteiger partial charge in [0.2, 0.25) is 5.91 Å². The highest BCUT2D eigenvalue weighted by Gasteiger charge is 2.12. The van der Waals surface area contributed by atoms with E-state index in [0.29, 0.717) is 12.8 Å². The number of para-hydroxylation sites is 1. The van der Waals surface area contributed by atoms with Crippen molar-refractivity contribution in [3.8, 4) is 0 Å². The van der Waals surface area contributed by atoms with Crippen LogP contribution in [0.15, 0.2) is 54.6 Å². The fourth-order valence-electron chi connectivity index (χ4n) is 2.93. The molecule has 0 aliphatic heterocycles. The van der Waals surface area contributed by atoms with E-state index in [9.17, 15) is 4.79 Å². The Labute approximate surface area is 157 Å². The van der Waals surface area contributed by atoms with Crippen LogP contribution in [-0.4, -0.2) is 11.9 Å².